The normalized spacial score (nSPS) is 12.3. The van der Waals surface area contributed by atoms with Crippen LogP contribution in [-0.4, -0.2) is 19.6 Å². The van der Waals surface area contributed by atoms with Crippen molar-refractivity contribution in [3.63, 3.8) is 0 Å². The first kappa shape index (κ1) is 13.4. The Kier molecular flexibility index (Phi) is 3.73. The Balaban J connectivity index is 1.73. The van der Waals surface area contributed by atoms with Crippen molar-refractivity contribution in [1.82, 2.24) is 19.6 Å². The average molecular weight is 281 g/mol. The fourth-order valence-corrected chi connectivity index (χ4v) is 2.23. The van der Waals surface area contributed by atoms with Crippen molar-refractivity contribution in [1.29, 1.82) is 0 Å². The number of benzene rings is 1. The lowest BCUT2D eigenvalue weighted by molar-refractivity contribution is 0.660. The van der Waals surface area contributed by atoms with Crippen molar-refractivity contribution in [3.8, 4) is 5.69 Å². The molecule has 21 heavy (non-hydrogen) atoms. The van der Waals surface area contributed by atoms with Gasteiger partial charge in [0.25, 0.3) is 0 Å². The second-order valence-corrected chi connectivity index (χ2v) is 5.00. The molecule has 3 rings (SSSR count). The van der Waals surface area contributed by atoms with Gasteiger partial charge in [0.15, 0.2) is 0 Å². The molecule has 0 aliphatic carbocycles. The van der Waals surface area contributed by atoms with Crippen molar-refractivity contribution in [2.45, 2.75) is 26.4 Å². The monoisotopic (exact) mass is 281 g/mol. The first-order valence-corrected chi connectivity index (χ1v) is 7.15. The minimum absolute atomic E-state index is 0.178. The number of aromatic nitrogens is 4. The van der Waals surface area contributed by atoms with Crippen LogP contribution in [0.25, 0.3) is 5.69 Å². The first-order chi connectivity index (χ1) is 10.3. The minimum atomic E-state index is 0.178. The van der Waals surface area contributed by atoms with E-state index < -0.39 is 0 Å². The molecule has 0 aliphatic rings. The molecular weight excluding hydrogens is 262 g/mol. The molecule has 5 nitrogen and oxygen atoms in total. The lowest BCUT2D eigenvalue weighted by atomic mass is 10.2. The summed E-state index contributed by atoms with van der Waals surface area (Å²) in [6.45, 7) is 5.07. The molecule has 0 aliphatic heterocycles. The number of aryl methyl sites for hydroxylation is 1. The van der Waals surface area contributed by atoms with Gasteiger partial charge in [-0.2, -0.15) is 10.2 Å². The summed E-state index contributed by atoms with van der Waals surface area (Å²) in [7, 11) is 0. The van der Waals surface area contributed by atoms with Gasteiger partial charge in [0.05, 0.1) is 29.8 Å². The summed E-state index contributed by atoms with van der Waals surface area (Å²) in [5, 5.41) is 12.1. The zero-order valence-electron chi connectivity index (χ0n) is 12.3. The van der Waals surface area contributed by atoms with Crippen molar-refractivity contribution in [2.75, 3.05) is 5.32 Å². The predicted octanol–water partition coefficient (Wildman–Crippen LogP) is 3.26. The maximum atomic E-state index is 4.43. The molecule has 108 valence electrons. The van der Waals surface area contributed by atoms with Crippen LogP contribution in [0.15, 0.2) is 55.1 Å². The van der Waals surface area contributed by atoms with Crippen LogP contribution in [0.5, 0.6) is 0 Å². The molecule has 0 saturated carbocycles. The predicted molar refractivity (Wildman–Crippen MR) is 83.5 cm³/mol. The number of para-hydroxylation sites is 1. The highest BCUT2D eigenvalue weighted by Crippen LogP contribution is 2.19. The molecule has 2 aromatic heterocycles. The smallest absolute Gasteiger partial charge is 0.0731 e. The summed E-state index contributed by atoms with van der Waals surface area (Å²) in [6.07, 6.45) is 7.81. The van der Waals surface area contributed by atoms with Gasteiger partial charge in [-0.05, 0) is 26.0 Å². The number of nitrogens with one attached hydrogen (secondary N) is 1. The Morgan fingerprint density at radius 3 is 2.62 bits per heavy atom. The number of anilines is 1. The Morgan fingerprint density at radius 1 is 1.10 bits per heavy atom. The lowest BCUT2D eigenvalue weighted by Gasteiger charge is -2.11. The zero-order valence-corrected chi connectivity index (χ0v) is 12.3. The highest BCUT2D eigenvalue weighted by atomic mass is 15.3. The van der Waals surface area contributed by atoms with Gasteiger partial charge in [0.1, 0.15) is 0 Å². The SMILES string of the molecule is CCn1cc(NC(C)c2cnn(-c3ccccc3)c2)cn1. The van der Waals surface area contributed by atoms with E-state index in [1.54, 1.807) is 0 Å². The summed E-state index contributed by atoms with van der Waals surface area (Å²) in [5.41, 5.74) is 3.23. The fourth-order valence-electron chi connectivity index (χ4n) is 2.23. The van der Waals surface area contributed by atoms with Gasteiger partial charge >= 0.3 is 0 Å². The van der Waals surface area contributed by atoms with Crippen LogP contribution in [0.3, 0.4) is 0 Å². The van der Waals surface area contributed by atoms with Crippen LogP contribution in [0.2, 0.25) is 0 Å². The Hall–Kier alpha value is -2.56. The standard InChI is InChI=1S/C16H19N5/c1-3-20-12-15(10-17-20)19-13(2)14-9-18-21(11-14)16-7-5-4-6-8-16/h4-13,19H,3H2,1-2H3. The summed E-state index contributed by atoms with van der Waals surface area (Å²) in [5.74, 6) is 0. The topological polar surface area (TPSA) is 47.7 Å². The third-order valence-electron chi connectivity index (χ3n) is 3.46. The molecule has 0 fully saturated rings. The third-order valence-corrected chi connectivity index (χ3v) is 3.46. The van der Waals surface area contributed by atoms with E-state index in [1.165, 1.54) is 0 Å². The number of rotatable bonds is 5. The van der Waals surface area contributed by atoms with E-state index >= 15 is 0 Å². The van der Waals surface area contributed by atoms with Crippen LogP contribution in [0, 0.1) is 0 Å². The quantitative estimate of drug-likeness (QED) is 0.781. The van der Waals surface area contributed by atoms with Crippen LogP contribution < -0.4 is 5.32 Å². The summed E-state index contributed by atoms with van der Waals surface area (Å²) in [6, 6.07) is 10.3. The van der Waals surface area contributed by atoms with E-state index in [1.807, 2.05) is 58.3 Å². The molecule has 5 heteroatoms. The van der Waals surface area contributed by atoms with E-state index in [0.29, 0.717) is 0 Å². The summed E-state index contributed by atoms with van der Waals surface area (Å²) >= 11 is 0. The van der Waals surface area contributed by atoms with Gasteiger partial charge in [0.2, 0.25) is 0 Å². The maximum absolute atomic E-state index is 4.43. The minimum Gasteiger partial charge on any atom is -0.376 e. The molecule has 0 saturated heterocycles. The highest BCUT2D eigenvalue weighted by molar-refractivity contribution is 5.41. The number of hydrogen-bond acceptors (Lipinski definition) is 3. The van der Waals surface area contributed by atoms with Crippen molar-refractivity contribution < 1.29 is 0 Å². The molecule has 0 bridgehead atoms. The van der Waals surface area contributed by atoms with Gasteiger partial charge in [-0.3, -0.25) is 4.68 Å². The van der Waals surface area contributed by atoms with Gasteiger partial charge < -0.3 is 5.32 Å². The lowest BCUT2D eigenvalue weighted by Crippen LogP contribution is -2.05. The Labute approximate surface area is 124 Å². The number of nitrogens with zero attached hydrogens (tertiary/aromatic N) is 4. The van der Waals surface area contributed by atoms with E-state index in [9.17, 15) is 0 Å². The molecule has 1 aromatic carbocycles. The fraction of sp³-hybridized carbons (Fsp3) is 0.250. The van der Waals surface area contributed by atoms with Crippen molar-refractivity contribution in [3.05, 3.63) is 60.7 Å². The molecule has 0 amide bonds. The van der Waals surface area contributed by atoms with Crippen molar-refractivity contribution in [2.24, 2.45) is 0 Å². The molecule has 0 spiro atoms. The second kappa shape index (κ2) is 5.83. The average Bonchev–Trinajstić information content (AvgIpc) is 3.17. The largest absolute Gasteiger partial charge is 0.376 e. The highest BCUT2D eigenvalue weighted by Gasteiger charge is 2.09. The van der Waals surface area contributed by atoms with Crippen LogP contribution in [0.1, 0.15) is 25.5 Å². The van der Waals surface area contributed by atoms with Gasteiger partial charge in [-0.15, -0.1) is 0 Å². The maximum Gasteiger partial charge on any atom is 0.0731 e. The molecule has 1 atom stereocenters. The molecule has 2 heterocycles. The first-order valence-electron chi connectivity index (χ1n) is 7.15. The van der Waals surface area contributed by atoms with Crippen molar-refractivity contribution >= 4 is 5.69 Å². The molecule has 1 unspecified atom stereocenters. The third kappa shape index (κ3) is 2.97. The molecular formula is C16H19N5. The summed E-state index contributed by atoms with van der Waals surface area (Å²) in [4.78, 5) is 0. The van der Waals surface area contributed by atoms with Crippen LogP contribution >= 0.6 is 0 Å². The molecule has 1 N–H and O–H groups in total. The molecule has 3 aromatic rings. The van der Waals surface area contributed by atoms with Gasteiger partial charge in [-0.25, -0.2) is 4.68 Å². The van der Waals surface area contributed by atoms with E-state index in [0.717, 1.165) is 23.5 Å². The zero-order chi connectivity index (χ0) is 14.7. The van der Waals surface area contributed by atoms with Gasteiger partial charge in [0, 0.05) is 24.5 Å². The van der Waals surface area contributed by atoms with Gasteiger partial charge in [-0.1, -0.05) is 18.2 Å². The molecule has 0 radical (unpaired) electrons. The van der Waals surface area contributed by atoms with E-state index in [2.05, 4.69) is 35.6 Å². The second-order valence-electron chi connectivity index (χ2n) is 5.00. The van der Waals surface area contributed by atoms with E-state index in [-0.39, 0.29) is 6.04 Å². The van der Waals surface area contributed by atoms with Crippen LogP contribution in [-0.2, 0) is 6.54 Å². The number of hydrogen-bond donors (Lipinski definition) is 1. The Bertz CT molecular complexity index is 698. The Morgan fingerprint density at radius 2 is 1.90 bits per heavy atom. The van der Waals surface area contributed by atoms with Crippen LogP contribution in [0.4, 0.5) is 5.69 Å². The van der Waals surface area contributed by atoms with E-state index in [4.69, 9.17) is 0 Å². The summed E-state index contributed by atoms with van der Waals surface area (Å²) < 4.78 is 3.80.